The zero-order chi connectivity index (χ0) is 12.6. The van der Waals surface area contributed by atoms with E-state index in [0.717, 1.165) is 11.4 Å². The van der Waals surface area contributed by atoms with Crippen LogP contribution in [-0.4, -0.2) is 14.8 Å². The molecule has 0 saturated heterocycles. The van der Waals surface area contributed by atoms with Crippen molar-refractivity contribution in [3.05, 3.63) is 45.7 Å². The van der Waals surface area contributed by atoms with Gasteiger partial charge in [-0.25, -0.2) is 4.39 Å². The van der Waals surface area contributed by atoms with Crippen LogP contribution >= 0.6 is 11.6 Å². The molecule has 17 heavy (non-hydrogen) atoms. The summed E-state index contributed by atoms with van der Waals surface area (Å²) in [4.78, 5) is 0. The van der Waals surface area contributed by atoms with Gasteiger partial charge in [0.25, 0.3) is 0 Å². The highest BCUT2D eigenvalue weighted by molar-refractivity contribution is 6.28. The first-order chi connectivity index (χ1) is 7.99. The third-order valence-electron chi connectivity index (χ3n) is 2.73. The third-order valence-corrected chi connectivity index (χ3v) is 3.01. The molecule has 1 heterocycles. The number of nitrogens with zero attached hydrogens (tertiary/aromatic N) is 3. The molecule has 0 amide bonds. The fourth-order valence-corrected chi connectivity index (χ4v) is 2.06. The van der Waals surface area contributed by atoms with Crippen molar-refractivity contribution in [1.29, 1.82) is 0 Å². The fourth-order valence-electron chi connectivity index (χ4n) is 1.84. The molecule has 0 radical (unpaired) electrons. The standard InChI is InChI=1S/C12H13ClFN3/c1-7-4-10(5-8(2)11(7)14)6-17-9(3)15-16-12(17)13/h4-5H,6H2,1-3H3. The van der Waals surface area contributed by atoms with Gasteiger partial charge in [-0.3, -0.25) is 4.57 Å². The van der Waals surface area contributed by atoms with E-state index in [9.17, 15) is 4.39 Å². The van der Waals surface area contributed by atoms with Crippen LogP contribution in [0.5, 0.6) is 0 Å². The maximum atomic E-state index is 13.5. The van der Waals surface area contributed by atoms with Gasteiger partial charge in [0, 0.05) is 0 Å². The lowest BCUT2D eigenvalue weighted by Crippen LogP contribution is -2.04. The highest BCUT2D eigenvalue weighted by Gasteiger charge is 2.09. The van der Waals surface area contributed by atoms with Gasteiger partial charge in [-0.2, -0.15) is 0 Å². The molecule has 0 aliphatic rings. The molecule has 90 valence electrons. The van der Waals surface area contributed by atoms with E-state index >= 15 is 0 Å². The monoisotopic (exact) mass is 253 g/mol. The Bertz CT molecular complexity index is 520. The highest BCUT2D eigenvalue weighted by atomic mass is 35.5. The number of hydrogen-bond donors (Lipinski definition) is 0. The lowest BCUT2D eigenvalue weighted by atomic mass is 10.1. The van der Waals surface area contributed by atoms with Crippen molar-refractivity contribution in [2.24, 2.45) is 0 Å². The Kier molecular flexibility index (Phi) is 3.15. The Balaban J connectivity index is 2.37. The molecule has 0 saturated carbocycles. The number of hydrogen-bond acceptors (Lipinski definition) is 2. The van der Waals surface area contributed by atoms with Crippen LogP contribution in [0.3, 0.4) is 0 Å². The fraction of sp³-hybridized carbons (Fsp3) is 0.333. The lowest BCUT2D eigenvalue weighted by molar-refractivity contribution is 0.607. The van der Waals surface area contributed by atoms with Gasteiger partial charge in [0.2, 0.25) is 5.28 Å². The van der Waals surface area contributed by atoms with Crippen molar-refractivity contribution in [3.8, 4) is 0 Å². The number of aromatic nitrogens is 3. The van der Waals surface area contributed by atoms with Gasteiger partial charge in [0.05, 0.1) is 6.54 Å². The van der Waals surface area contributed by atoms with Gasteiger partial charge < -0.3 is 0 Å². The summed E-state index contributed by atoms with van der Waals surface area (Å²) < 4.78 is 15.3. The van der Waals surface area contributed by atoms with Crippen molar-refractivity contribution in [3.63, 3.8) is 0 Å². The van der Waals surface area contributed by atoms with E-state index in [1.165, 1.54) is 0 Å². The molecule has 0 atom stereocenters. The molecule has 0 aliphatic heterocycles. The zero-order valence-corrected chi connectivity index (χ0v) is 10.7. The topological polar surface area (TPSA) is 30.7 Å². The first-order valence-electron chi connectivity index (χ1n) is 5.30. The average molecular weight is 254 g/mol. The van der Waals surface area contributed by atoms with Crippen molar-refractivity contribution in [2.45, 2.75) is 27.3 Å². The Hall–Kier alpha value is -1.42. The molecule has 2 rings (SSSR count). The number of halogens is 2. The van der Waals surface area contributed by atoms with Gasteiger partial charge in [-0.05, 0) is 49.1 Å². The molecular weight excluding hydrogens is 241 g/mol. The van der Waals surface area contributed by atoms with E-state index in [4.69, 9.17) is 11.6 Å². The molecular formula is C12H13ClFN3. The summed E-state index contributed by atoms with van der Waals surface area (Å²) in [6.07, 6.45) is 0. The van der Waals surface area contributed by atoms with E-state index in [-0.39, 0.29) is 5.82 Å². The smallest absolute Gasteiger partial charge is 0.225 e. The molecule has 1 aromatic heterocycles. The predicted molar refractivity (Wildman–Crippen MR) is 64.7 cm³/mol. The Morgan fingerprint density at radius 3 is 2.24 bits per heavy atom. The second kappa shape index (κ2) is 4.45. The first kappa shape index (κ1) is 12.0. The summed E-state index contributed by atoms with van der Waals surface area (Å²) in [5, 5.41) is 8.01. The van der Waals surface area contributed by atoms with Gasteiger partial charge in [0.1, 0.15) is 11.6 Å². The number of benzene rings is 1. The average Bonchev–Trinajstić information content (AvgIpc) is 2.57. The Morgan fingerprint density at radius 2 is 1.76 bits per heavy atom. The van der Waals surface area contributed by atoms with E-state index in [1.807, 2.05) is 19.1 Å². The van der Waals surface area contributed by atoms with E-state index < -0.39 is 0 Å². The maximum Gasteiger partial charge on any atom is 0.225 e. The molecule has 0 unspecified atom stereocenters. The van der Waals surface area contributed by atoms with Crippen molar-refractivity contribution < 1.29 is 4.39 Å². The minimum atomic E-state index is -0.152. The minimum Gasteiger partial charge on any atom is -0.298 e. The molecule has 5 heteroatoms. The number of rotatable bonds is 2. The second-order valence-corrected chi connectivity index (χ2v) is 4.48. The quantitative estimate of drug-likeness (QED) is 0.824. The third kappa shape index (κ3) is 2.31. The molecule has 1 aromatic carbocycles. The van der Waals surface area contributed by atoms with Gasteiger partial charge >= 0.3 is 0 Å². The van der Waals surface area contributed by atoms with Crippen molar-refractivity contribution in [2.75, 3.05) is 0 Å². The van der Waals surface area contributed by atoms with Crippen LogP contribution in [0.4, 0.5) is 4.39 Å². The Labute approximate surface area is 104 Å². The molecule has 3 nitrogen and oxygen atoms in total. The molecule has 0 spiro atoms. The largest absolute Gasteiger partial charge is 0.298 e. The summed E-state index contributed by atoms with van der Waals surface area (Å²) in [5.74, 6) is 0.593. The van der Waals surface area contributed by atoms with Gasteiger partial charge in [-0.1, -0.05) is 12.1 Å². The van der Waals surface area contributed by atoms with Crippen LogP contribution in [-0.2, 0) is 6.54 Å². The second-order valence-electron chi connectivity index (χ2n) is 4.15. The van der Waals surface area contributed by atoms with Crippen LogP contribution in [0.15, 0.2) is 12.1 Å². The van der Waals surface area contributed by atoms with Crippen molar-refractivity contribution in [1.82, 2.24) is 14.8 Å². The maximum absolute atomic E-state index is 13.5. The summed E-state index contributed by atoms with van der Waals surface area (Å²) in [5.41, 5.74) is 2.27. The molecule has 0 bridgehead atoms. The highest BCUT2D eigenvalue weighted by Crippen LogP contribution is 2.17. The number of aryl methyl sites for hydroxylation is 3. The molecule has 0 fully saturated rings. The summed E-state index contributed by atoms with van der Waals surface area (Å²) in [7, 11) is 0. The molecule has 0 N–H and O–H groups in total. The summed E-state index contributed by atoms with van der Waals surface area (Å²) >= 11 is 5.92. The van der Waals surface area contributed by atoms with E-state index in [2.05, 4.69) is 10.2 Å². The van der Waals surface area contributed by atoms with Crippen LogP contribution < -0.4 is 0 Å². The Morgan fingerprint density at radius 1 is 1.18 bits per heavy atom. The zero-order valence-electron chi connectivity index (χ0n) is 9.96. The van der Waals surface area contributed by atoms with Crippen LogP contribution in [0.2, 0.25) is 5.28 Å². The minimum absolute atomic E-state index is 0.152. The van der Waals surface area contributed by atoms with Gasteiger partial charge in [-0.15, -0.1) is 10.2 Å². The van der Waals surface area contributed by atoms with Crippen LogP contribution in [0, 0.1) is 26.6 Å². The SMILES string of the molecule is Cc1cc(Cn2c(C)nnc2Cl)cc(C)c1F. The summed E-state index contributed by atoms with van der Waals surface area (Å²) in [6.45, 7) is 5.90. The van der Waals surface area contributed by atoms with Crippen LogP contribution in [0.1, 0.15) is 22.5 Å². The first-order valence-corrected chi connectivity index (χ1v) is 5.67. The molecule has 0 aliphatic carbocycles. The van der Waals surface area contributed by atoms with Crippen molar-refractivity contribution >= 4 is 11.6 Å². The van der Waals surface area contributed by atoms with E-state index in [0.29, 0.717) is 23.0 Å². The summed E-state index contributed by atoms with van der Waals surface area (Å²) in [6, 6.07) is 3.64. The van der Waals surface area contributed by atoms with E-state index in [1.54, 1.807) is 18.4 Å². The van der Waals surface area contributed by atoms with Gasteiger partial charge in [0.15, 0.2) is 0 Å². The normalized spacial score (nSPS) is 10.9. The molecule has 2 aromatic rings. The lowest BCUT2D eigenvalue weighted by Gasteiger charge is -2.09. The van der Waals surface area contributed by atoms with Crippen LogP contribution in [0.25, 0.3) is 0 Å². The predicted octanol–water partition coefficient (Wildman–Crippen LogP) is 3.04.